The molecule has 6 heteroatoms. The predicted octanol–water partition coefficient (Wildman–Crippen LogP) is 4.45. The van der Waals surface area contributed by atoms with Crippen LogP contribution in [0.3, 0.4) is 0 Å². The number of nitrogens with zero attached hydrogens (tertiary/aromatic N) is 1. The molecule has 5 nitrogen and oxygen atoms in total. The number of hydrogen-bond acceptors (Lipinski definition) is 3. The lowest BCUT2D eigenvalue weighted by Crippen LogP contribution is -2.25. The van der Waals surface area contributed by atoms with Gasteiger partial charge in [-0.3, -0.25) is 4.79 Å². The molecule has 2 aromatic carbocycles. The molecular formula is C20H16ClN3O2. The first-order valence-corrected chi connectivity index (χ1v) is 8.63. The number of nitrogens with one attached hydrogen (secondary N) is 2. The largest absolute Gasteiger partial charge is 0.432 e. The third-order valence-corrected chi connectivity index (χ3v) is 4.40. The number of amides is 1. The van der Waals surface area contributed by atoms with Gasteiger partial charge in [-0.15, -0.1) is 0 Å². The van der Waals surface area contributed by atoms with E-state index in [1.165, 1.54) is 0 Å². The van der Waals surface area contributed by atoms with Crippen LogP contribution in [0.2, 0.25) is 5.02 Å². The van der Waals surface area contributed by atoms with Gasteiger partial charge >= 0.3 is 5.91 Å². The van der Waals surface area contributed by atoms with E-state index in [0.717, 1.165) is 22.0 Å². The summed E-state index contributed by atoms with van der Waals surface area (Å²) >= 11 is 6.06. The molecule has 2 N–H and O–H groups in total. The van der Waals surface area contributed by atoms with Crippen molar-refractivity contribution >= 4 is 28.4 Å². The van der Waals surface area contributed by atoms with Crippen LogP contribution < -0.4 is 5.32 Å². The van der Waals surface area contributed by atoms with E-state index < -0.39 is 0 Å². The third kappa shape index (κ3) is 3.34. The summed E-state index contributed by atoms with van der Waals surface area (Å²) in [5.74, 6) is 0.304. The van der Waals surface area contributed by atoms with Crippen LogP contribution in [0.1, 0.15) is 16.2 Å². The van der Waals surface area contributed by atoms with Crippen molar-refractivity contribution in [3.05, 3.63) is 77.4 Å². The number of oxazole rings is 1. The van der Waals surface area contributed by atoms with Crippen molar-refractivity contribution in [2.45, 2.75) is 6.42 Å². The molecule has 1 amide bonds. The number of halogens is 1. The highest BCUT2D eigenvalue weighted by Crippen LogP contribution is 2.23. The minimum absolute atomic E-state index is 0.0609. The second kappa shape index (κ2) is 7.06. The van der Waals surface area contributed by atoms with Crippen LogP contribution in [-0.4, -0.2) is 22.4 Å². The fraction of sp³-hybridized carbons (Fsp3) is 0.100. The number of rotatable bonds is 5. The molecule has 0 saturated carbocycles. The minimum Gasteiger partial charge on any atom is -0.432 e. The number of carbonyl (C=O) groups is 1. The van der Waals surface area contributed by atoms with Crippen molar-refractivity contribution in [1.29, 1.82) is 0 Å². The van der Waals surface area contributed by atoms with E-state index in [9.17, 15) is 4.79 Å². The molecule has 2 aromatic heterocycles. The van der Waals surface area contributed by atoms with Gasteiger partial charge in [-0.25, -0.2) is 4.98 Å². The molecule has 0 aliphatic rings. The Morgan fingerprint density at radius 1 is 1.19 bits per heavy atom. The number of carbonyl (C=O) groups excluding carboxylic acids is 1. The first-order valence-electron chi connectivity index (χ1n) is 8.26. The lowest BCUT2D eigenvalue weighted by molar-refractivity contribution is 0.0920. The minimum atomic E-state index is -0.329. The highest BCUT2D eigenvalue weighted by Gasteiger charge is 2.14. The van der Waals surface area contributed by atoms with Gasteiger partial charge in [0, 0.05) is 34.2 Å². The van der Waals surface area contributed by atoms with Crippen LogP contribution in [0, 0.1) is 0 Å². The first-order chi connectivity index (χ1) is 12.7. The summed E-state index contributed by atoms with van der Waals surface area (Å²) < 4.78 is 5.56. The van der Waals surface area contributed by atoms with Crippen molar-refractivity contribution in [3.8, 4) is 11.3 Å². The van der Waals surface area contributed by atoms with Crippen LogP contribution in [0.4, 0.5) is 0 Å². The van der Waals surface area contributed by atoms with Crippen molar-refractivity contribution in [1.82, 2.24) is 15.3 Å². The monoisotopic (exact) mass is 365 g/mol. The van der Waals surface area contributed by atoms with E-state index in [2.05, 4.69) is 15.3 Å². The molecule has 0 spiro atoms. The average Bonchev–Trinajstić information content (AvgIpc) is 3.30. The Labute approximate surface area is 155 Å². The van der Waals surface area contributed by atoms with Crippen LogP contribution in [0.25, 0.3) is 22.2 Å². The van der Waals surface area contributed by atoms with Gasteiger partial charge in [0.25, 0.3) is 5.89 Å². The Balaban J connectivity index is 1.40. The molecular weight excluding hydrogens is 350 g/mol. The Morgan fingerprint density at radius 2 is 2.04 bits per heavy atom. The number of aromatic nitrogens is 2. The lowest BCUT2D eigenvalue weighted by atomic mass is 10.1. The molecule has 0 aliphatic carbocycles. The van der Waals surface area contributed by atoms with Crippen molar-refractivity contribution in [3.63, 3.8) is 0 Å². The molecule has 0 unspecified atom stereocenters. The number of benzene rings is 2. The van der Waals surface area contributed by atoms with Gasteiger partial charge in [-0.2, -0.15) is 0 Å². The van der Waals surface area contributed by atoms with Crippen LogP contribution in [0.15, 0.2) is 65.3 Å². The topological polar surface area (TPSA) is 70.9 Å². The van der Waals surface area contributed by atoms with Crippen molar-refractivity contribution in [2.75, 3.05) is 6.54 Å². The van der Waals surface area contributed by atoms with Gasteiger partial charge in [-0.1, -0.05) is 41.9 Å². The molecule has 0 bridgehead atoms. The molecule has 4 rings (SSSR count). The first kappa shape index (κ1) is 16.4. The SMILES string of the molecule is O=C(NCCc1c[nH]c2ccc(Cl)cc12)c1ncc(-c2ccccc2)o1. The van der Waals surface area contributed by atoms with Gasteiger partial charge in [0.15, 0.2) is 5.76 Å². The van der Waals surface area contributed by atoms with Gasteiger partial charge in [0.05, 0.1) is 6.20 Å². The van der Waals surface area contributed by atoms with E-state index >= 15 is 0 Å². The summed E-state index contributed by atoms with van der Waals surface area (Å²) in [6.45, 7) is 0.474. The molecule has 130 valence electrons. The molecule has 0 aliphatic heterocycles. The average molecular weight is 366 g/mol. The maximum atomic E-state index is 12.2. The van der Waals surface area contributed by atoms with E-state index in [0.29, 0.717) is 23.7 Å². The van der Waals surface area contributed by atoms with E-state index in [4.69, 9.17) is 16.0 Å². The second-order valence-corrected chi connectivity index (χ2v) is 6.34. The maximum absolute atomic E-state index is 12.2. The quantitative estimate of drug-likeness (QED) is 0.549. The standard InChI is InChI=1S/C20H16ClN3O2/c21-15-6-7-17-16(10-15)14(11-23-17)8-9-22-19(25)20-24-12-18(26-20)13-4-2-1-3-5-13/h1-7,10-12,23H,8-9H2,(H,22,25). The highest BCUT2D eigenvalue weighted by atomic mass is 35.5. The molecule has 4 aromatic rings. The number of H-pyrrole nitrogens is 1. The summed E-state index contributed by atoms with van der Waals surface area (Å²) in [7, 11) is 0. The zero-order valence-electron chi connectivity index (χ0n) is 13.8. The summed E-state index contributed by atoms with van der Waals surface area (Å²) in [4.78, 5) is 19.5. The van der Waals surface area contributed by atoms with Gasteiger partial charge in [0.1, 0.15) is 0 Å². The van der Waals surface area contributed by atoms with Crippen LogP contribution in [-0.2, 0) is 6.42 Å². The van der Waals surface area contributed by atoms with E-state index in [1.54, 1.807) is 6.20 Å². The number of hydrogen-bond donors (Lipinski definition) is 2. The maximum Gasteiger partial charge on any atom is 0.307 e. The number of fused-ring (bicyclic) bond motifs is 1. The molecule has 0 saturated heterocycles. The lowest BCUT2D eigenvalue weighted by Gasteiger charge is -2.02. The highest BCUT2D eigenvalue weighted by molar-refractivity contribution is 6.31. The molecule has 26 heavy (non-hydrogen) atoms. The Morgan fingerprint density at radius 3 is 2.88 bits per heavy atom. The fourth-order valence-corrected chi connectivity index (χ4v) is 3.03. The summed E-state index contributed by atoms with van der Waals surface area (Å²) in [5, 5.41) is 4.59. The van der Waals surface area contributed by atoms with Gasteiger partial charge in [-0.05, 0) is 30.2 Å². The van der Waals surface area contributed by atoms with Crippen LogP contribution in [0.5, 0.6) is 0 Å². The Bertz CT molecular complexity index is 1050. The van der Waals surface area contributed by atoms with E-state index in [-0.39, 0.29) is 11.8 Å². The molecule has 2 heterocycles. The second-order valence-electron chi connectivity index (χ2n) is 5.91. The smallest absolute Gasteiger partial charge is 0.307 e. The third-order valence-electron chi connectivity index (χ3n) is 4.17. The summed E-state index contributed by atoms with van der Waals surface area (Å²) in [6, 6.07) is 15.3. The Hall–Kier alpha value is -3.05. The molecule has 0 fully saturated rings. The normalized spacial score (nSPS) is 11.0. The summed E-state index contributed by atoms with van der Waals surface area (Å²) in [5.41, 5.74) is 3.01. The van der Waals surface area contributed by atoms with Crippen LogP contribution >= 0.6 is 11.6 Å². The van der Waals surface area contributed by atoms with Gasteiger partial charge < -0.3 is 14.7 Å². The summed E-state index contributed by atoms with van der Waals surface area (Å²) in [6.07, 6.45) is 4.18. The van der Waals surface area contributed by atoms with E-state index in [1.807, 2.05) is 54.7 Å². The predicted molar refractivity (Wildman–Crippen MR) is 101 cm³/mol. The zero-order chi connectivity index (χ0) is 17.9. The number of aromatic amines is 1. The zero-order valence-corrected chi connectivity index (χ0v) is 14.6. The van der Waals surface area contributed by atoms with Crippen molar-refractivity contribution in [2.24, 2.45) is 0 Å². The fourth-order valence-electron chi connectivity index (χ4n) is 2.86. The molecule has 0 radical (unpaired) electrons. The molecule has 0 atom stereocenters. The van der Waals surface area contributed by atoms with Crippen molar-refractivity contribution < 1.29 is 9.21 Å². The Kier molecular flexibility index (Phi) is 4.46. The van der Waals surface area contributed by atoms with Gasteiger partial charge in [0.2, 0.25) is 0 Å².